The van der Waals surface area contributed by atoms with Gasteiger partial charge < -0.3 is 24.8 Å². The van der Waals surface area contributed by atoms with E-state index in [4.69, 9.17) is 10.1 Å². The average Bonchev–Trinajstić information content (AvgIpc) is 3.25. The van der Waals surface area contributed by atoms with Crippen LogP contribution in [-0.4, -0.2) is 68.5 Å². The Balaban J connectivity index is 1.55. The van der Waals surface area contributed by atoms with E-state index in [1.807, 2.05) is 31.4 Å². The second-order valence-electron chi connectivity index (χ2n) is 8.71. The lowest BCUT2D eigenvalue weighted by atomic mass is 9.86. The van der Waals surface area contributed by atoms with Crippen molar-refractivity contribution in [3.05, 3.63) is 65.4 Å². The molecular weight excluding hydrogens is 398 g/mol. The largest absolute Gasteiger partial charge is 0.496 e. The number of nitrogens with one attached hydrogen (secondary N) is 3. The Kier molecular flexibility index (Phi) is 6.51. The van der Waals surface area contributed by atoms with Crippen molar-refractivity contribution in [2.24, 2.45) is 5.92 Å². The standard InChI is InChI=1S/C26H33N5O/c1-30(2)12-13-31(3)25(27)19-9-7-8-18(14-19)20-15-22-23(17-29-26(22)28-16-20)21-10-5-6-11-24(21)32-4/h5-11,15,17,19,27-29H,12-14,16H2,1-4H3. The fourth-order valence-corrected chi connectivity index (χ4v) is 4.29. The number of rotatable bonds is 7. The van der Waals surface area contributed by atoms with Crippen molar-refractivity contribution in [3.8, 4) is 16.9 Å². The third-order valence-electron chi connectivity index (χ3n) is 6.23. The van der Waals surface area contributed by atoms with Crippen LogP contribution in [0.1, 0.15) is 12.0 Å². The Labute approximate surface area is 190 Å². The normalized spacial score (nSPS) is 17.3. The van der Waals surface area contributed by atoms with Gasteiger partial charge in [-0.1, -0.05) is 36.4 Å². The van der Waals surface area contributed by atoms with Crippen LogP contribution in [0.3, 0.4) is 0 Å². The van der Waals surface area contributed by atoms with Crippen LogP contribution in [0.4, 0.5) is 5.82 Å². The summed E-state index contributed by atoms with van der Waals surface area (Å²) in [6.07, 6.45) is 11.6. The highest BCUT2D eigenvalue weighted by molar-refractivity contribution is 5.88. The molecule has 1 aromatic carbocycles. The number of hydrogen-bond acceptors (Lipinski definition) is 4. The van der Waals surface area contributed by atoms with E-state index >= 15 is 0 Å². The molecule has 1 aromatic heterocycles. The molecule has 1 atom stereocenters. The Morgan fingerprint density at radius 2 is 1.94 bits per heavy atom. The number of benzene rings is 1. The van der Waals surface area contributed by atoms with Crippen molar-refractivity contribution in [2.45, 2.75) is 6.42 Å². The second-order valence-corrected chi connectivity index (χ2v) is 8.71. The molecule has 2 heterocycles. The Morgan fingerprint density at radius 1 is 1.12 bits per heavy atom. The maximum atomic E-state index is 8.70. The number of anilines is 1. The van der Waals surface area contributed by atoms with E-state index in [1.54, 1.807) is 7.11 Å². The van der Waals surface area contributed by atoms with Gasteiger partial charge in [-0.2, -0.15) is 0 Å². The van der Waals surface area contributed by atoms with Crippen molar-refractivity contribution >= 4 is 17.7 Å². The molecule has 0 saturated carbocycles. The number of ether oxygens (including phenoxy) is 1. The van der Waals surface area contributed by atoms with Gasteiger partial charge in [-0.05, 0) is 43.8 Å². The fourth-order valence-electron chi connectivity index (χ4n) is 4.29. The number of fused-ring (bicyclic) bond motifs is 1. The smallest absolute Gasteiger partial charge is 0.126 e. The van der Waals surface area contributed by atoms with Crippen molar-refractivity contribution in [1.82, 2.24) is 14.8 Å². The van der Waals surface area contributed by atoms with Crippen LogP contribution >= 0.6 is 0 Å². The molecule has 1 aliphatic heterocycles. The molecule has 2 aromatic rings. The second kappa shape index (κ2) is 9.49. The minimum atomic E-state index is 0.101. The summed E-state index contributed by atoms with van der Waals surface area (Å²) >= 11 is 0. The first kappa shape index (κ1) is 22.0. The van der Waals surface area contributed by atoms with E-state index in [2.05, 4.69) is 64.6 Å². The first-order valence-corrected chi connectivity index (χ1v) is 11.1. The maximum Gasteiger partial charge on any atom is 0.126 e. The molecule has 3 N–H and O–H groups in total. The number of allylic oxidation sites excluding steroid dienone is 2. The zero-order chi connectivity index (χ0) is 22.7. The number of likely N-dealkylation sites (N-methyl/N-ethyl adjacent to an activating group) is 2. The van der Waals surface area contributed by atoms with E-state index in [0.29, 0.717) is 5.84 Å². The monoisotopic (exact) mass is 431 g/mol. The van der Waals surface area contributed by atoms with E-state index in [0.717, 1.165) is 54.3 Å². The highest BCUT2D eigenvalue weighted by Gasteiger charge is 2.24. The number of methoxy groups -OCH3 is 1. The Morgan fingerprint density at radius 3 is 2.72 bits per heavy atom. The number of amidine groups is 1. The molecule has 1 unspecified atom stereocenters. The lowest BCUT2D eigenvalue weighted by Gasteiger charge is -2.29. The summed E-state index contributed by atoms with van der Waals surface area (Å²) in [5.41, 5.74) is 5.91. The van der Waals surface area contributed by atoms with E-state index in [1.165, 1.54) is 11.1 Å². The van der Waals surface area contributed by atoms with Crippen LogP contribution in [-0.2, 0) is 0 Å². The molecule has 2 aliphatic rings. The third-order valence-corrected chi connectivity index (χ3v) is 6.23. The van der Waals surface area contributed by atoms with E-state index < -0.39 is 0 Å². The first-order valence-electron chi connectivity index (χ1n) is 11.1. The molecule has 0 radical (unpaired) electrons. The van der Waals surface area contributed by atoms with Crippen molar-refractivity contribution < 1.29 is 4.74 Å². The van der Waals surface area contributed by atoms with Crippen LogP contribution < -0.4 is 10.1 Å². The lowest BCUT2D eigenvalue weighted by molar-refractivity contribution is 0.350. The minimum Gasteiger partial charge on any atom is -0.496 e. The highest BCUT2D eigenvalue weighted by Crippen LogP contribution is 2.39. The fraction of sp³-hybridized carbons (Fsp3) is 0.346. The number of nitrogens with zero attached hydrogens (tertiary/aromatic N) is 2. The van der Waals surface area contributed by atoms with Gasteiger partial charge in [0.15, 0.2) is 0 Å². The van der Waals surface area contributed by atoms with Crippen LogP contribution in [0.2, 0.25) is 0 Å². The molecule has 0 fully saturated rings. The molecule has 32 heavy (non-hydrogen) atoms. The lowest BCUT2D eigenvalue weighted by Crippen LogP contribution is -2.37. The zero-order valence-corrected chi connectivity index (χ0v) is 19.4. The number of aromatic nitrogens is 1. The molecule has 168 valence electrons. The van der Waals surface area contributed by atoms with Crippen molar-refractivity contribution in [1.29, 1.82) is 5.41 Å². The molecular formula is C26H33N5O. The van der Waals surface area contributed by atoms with Crippen molar-refractivity contribution in [3.63, 3.8) is 0 Å². The summed E-state index contributed by atoms with van der Waals surface area (Å²) in [4.78, 5) is 7.59. The third kappa shape index (κ3) is 4.50. The van der Waals surface area contributed by atoms with Gasteiger partial charge in [0.2, 0.25) is 0 Å². The van der Waals surface area contributed by atoms with Crippen molar-refractivity contribution in [2.75, 3.05) is 53.2 Å². The summed E-state index contributed by atoms with van der Waals surface area (Å²) in [6.45, 7) is 2.57. The molecule has 0 spiro atoms. The SMILES string of the molecule is COc1ccccc1-c1c[nH]c2c1C=C(C1=CC=CC(C(=N)N(C)CCN(C)C)C1)CN2. The van der Waals surface area contributed by atoms with Crippen LogP contribution in [0.15, 0.2) is 59.8 Å². The van der Waals surface area contributed by atoms with Gasteiger partial charge in [-0.15, -0.1) is 0 Å². The molecule has 1 aliphatic carbocycles. The molecule has 0 amide bonds. The molecule has 4 rings (SSSR count). The predicted octanol–water partition coefficient (Wildman–Crippen LogP) is 4.47. The summed E-state index contributed by atoms with van der Waals surface area (Å²) in [5, 5.41) is 12.2. The van der Waals surface area contributed by atoms with Crippen LogP contribution in [0, 0.1) is 11.3 Å². The van der Waals surface area contributed by atoms with Gasteiger partial charge in [0, 0.05) is 55.5 Å². The average molecular weight is 432 g/mol. The summed E-state index contributed by atoms with van der Waals surface area (Å²) in [5.74, 6) is 2.68. The summed E-state index contributed by atoms with van der Waals surface area (Å²) < 4.78 is 5.59. The van der Waals surface area contributed by atoms with Gasteiger partial charge in [0.1, 0.15) is 17.4 Å². The number of hydrogen-bond donors (Lipinski definition) is 3. The van der Waals surface area contributed by atoms with Gasteiger partial charge >= 0.3 is 0 Å². The Hall–Kier alpha value is -3.25. The van der Waals surface area contributed by atoms with Gasteiger partial charge in [0.05, 0.1) is 7.11 Å². The quantitative estimate of drug-likeness (QED) is 0.447. The number of para-hydroxylation sites is 1. The number of H-pyrrole nitrogens is 1. The van der Waals surface area contributed by atoms with E-state index in [9.17, 15) is 0 Å². The van der Waals surface area contributed by atoms with Gasteiger partial charge in [-0.25, -0.2) is 0 Å². The molecule has 0 saturated heterocycles. The van der Waals surface area contributed by atoms with E-state index in [-0.39, 0.29) is 5.92 Å². The summed E-state index contributed by atoms with van der Waals surface area (Å²) in [7, 11) is 7.86. The van der Waals surface area contributed by atoms with Gasteiger partial charge in [0.25, 0.3) is 0 Å². The number of aromatic amines is 1. The molecule has 0 bridgehead atoms. The molecule has 6 heteroatoms. The summed E-state index contributed by atoms with van der Waals surface area (Å²) in [6, 6.07) is 8.11. The minimum absolute atomic E-state index is 0.101. The zero-order valence-electron chi connectivity index (χ0n) is 19.4. The topological polar surface area (TPSA) is 67.4 Å². The maximum absolute atomic E-state index is 8.70. The first-order chi connectivity index (χ1) is 15.5. The highest BCUT2D eigenvalue weighted by atomic mass is 16.5. The predicted molar refractivity (Wildman–Crippen MR) is 133 cm³/mol. The Bertz CT molecular complexity index is 1080. The van der Waals surface area contributed by atoms with Gasteiger partial charge in [-0.3, -0.25) is 5.41 Å². The van der Waals surface area contributed by atoms with Crippen LogP contribution in [0.25, 0.3) is 17.2 Å². The molecule has 6 nitrogen and oxygen atoms in total. The van der Waals surface area contributed by atoms with Crippen LogP contribution in [0.5, 0.6) is 5.75 Å².